The van der Waals surface area contributed by atoms with E-state index in [9.17, 15) is 18.0 Å². The molecular weight excluding hydrogens is 404 g/mol. The lowest BCUT2D eigenvalue weighted by atomic mass is 10.1. The third-order valence-corrected chi connectivity index (χ3v) is 5.50. The summed E-state index contributed by atoms with van der Waals surface area (Å²) in [6.07, 6.45) is 0. The molecule has 0 aliphatic heterocycles. The maximum Gasteiger partial charge on any atom is 0.338 e. The standard InChI is InChI=1S/C22H20N2O5S/c1-2-29-22(26)17-10-12-18(13-11-17)23-21(25)16-8-14-19(15-9-16)24-30(27,28)20-6-4-3-5-7-20/h3-15,24H,2H2,1H3,(H,23,25). The summed E-state index contributed by atoms with van der Waals surface area (Å²) in [6.45, 7) is 2.01. The lowest BCUT2D eigenvalue weighted by Crippen LogP contribution is -2.14. The summed E-state index contributed by atoms with van der Waals surface area (Å²) in [5.74, 6) is -0.791. The average molecular weight is 424 g/mol. The van der Waals surface area contributed by atoms with Gasteiger partial charge in [0.1, 0.15) is 0 Å². The molecule has 2 N–H and O–H groups in total. The Balaban J connectivity index is 1.64. The maximum absolute atomic E-state index is 12.4. The molecule has 3 rings (SSSR count). The van der Waals surface area contributed by atoms with E-state index in [4.69, 9.17) is 4.74 Å². The number of hydrogen-bond acceptors (Lipinski definition) is 5. The number of anilines is 2. The first-order valence-electron chi connectivity index (χ1n) is 9.15. The molecule has 30 heavy (non-hydrogen) atoms. The summed E-state index contributed by atoms with van der Waals surface area (Å²) in [7, 11) is -3.70. The van der Waals surface area contributed by atoms with Crippen LogP contribution in [0.5, 0.6) is 0 Å². The minimum atomic E-state index is -3.70. The third-order valence-electron chi connectivity index (χ3n) is 4.11. The molecule has 3 aromatic carbocycles. The van der Waals surface area contributed by atoms with Crippen LogP contribution in [0.15, 0.2) is 83.8 Å². The zero-order chi connectivity index (χ0) is 21.6. The first-order chi connectivity index (χ1) is 14.4. The van der Waals surface area contributed by atoms with Gasteiger partial charge in [0.05, 0.1) is 17.1 Å². The van der Waals surface area contributed by atoms with Gasteiger partial charge in [0.25, 0.3) is 15.9 Å². The molecule has 0 radical (unpaired) electrons. The van der Waals surface area contributed by atoms with Crippen LogP contribution >= 0.6 is 0 Å². The first kappa shape index (κ1) is 21.1. The highest BCUT2D eigenvalue weighted by Crippen LogP contribution is 2.18. The van der Waals surface area contributed by atoms with E-state index in [1.165, 1.54) is 36.4 Å². The number of esters is 1. The predicted octanol–water partition coefficient (Wildman–Crippen LogP) is 3.92. The number of amides is 1. The fourth-order valence-electron chi connectivity index (χ4n) is 2.61. The molecule has 3 aromatic rings. The summed E-state index contributed by atoms with van der Waals surface area (Å²) in [5, 5.41) is 2.72. The van der Waals surface area contributed by atoms with Gasteiger partial charge in [0.2, 0.25) is 0 Å². The van der Waals surface area contributed by atoms with Crippen LogP contribution in [0, 0.1) is 0 Å². The van der Waals surface area contributed by atoms with Crippen molar-refractivity contribution >= 4 is 33.3 Å². The Bertz CT molecular complexity index is 1130. The van der Waals surface area contributed by atoms with Crippen molar-refractivity contribution in [1.82, 2.24) is 0 Å². The van der Waals surface area contributed by atoms with E-state index in [1.807, 2.05) is 0 Å². The van der Waals surface area contributed by atoms with Crippen molar-refractivity contribution < 1.29 is 22.7 Å². The Morgan fingerprint density at radius 1 is 0.800 bits per heavy atom. The number of sulfonamides is 1. The molecule has 0 unspecified atom stereocenters. The number of carbonyl (C=O) groups excluding carboxylic acids is 2. The second kappa shape index (κ2) is 9.23. The smallest absolute Gasteiger partial charge is 0.338 e. The summed E-state index contributed by atoms with van der Waals surface area (Å²) < 4.78 is 32.1. The molecule has 0 atom stereocenters. The van der Waals surface area contributed by atoms with Gasteiger partial charge < -0.3 is 10.1 Å². The van der Waals surface area contributed by atoms with E-state index in [1.54, 1.807) is 49.4 Å². The topological polar surface area (TPSA) is 102 Å². The molecule has 0 spiro atoms. The largest absolute Gasteiger partial charge is 0.462 e. The van der Waals surface area contributed by atoms with Gasteiger partial charge in [-0.25, -0.2) is 13.2 Å². The van der Waals surface area contributed by atoms with Crippen LogP contribution in [0.2, 0.25) is 0 Å². The van der Waals surface area contributed by atoms with Crippen LogP contribution in [-0.2, 0) is 14.8 Å². The molecule has 0 saturated carbocycles. The number of nitrogens with one attached hydrogen (secondary N) is 2. The van der Waals surface area contributed by atoms with E-state index in [0.717, 1.165) is 0 Å². The molecule has 0 saturated heterocycles. The third kappa shape index (κ3) is 5.24. The van der Waals surface area contributed by atoms with Gasteiger partial charge in [-0.15, -0.1) is 0 Å². The second-order valence-electron chi connectivity index (χ2n) is 6.25. The Morgan fingerprint density at radius 3 is 1.97 bits per heavy atom. The van der Waals surface area contributed by atoms with E-state index in [0.29, 0.717) is 22.5 Å². The molecule has 1 amide bonds. The highest BCUT2D eigenvalue weighted by molar-refractivity contribution is 7.92. The van der Waals surface area contributed by atoms with Gasteiger partial charge in [-0.1, -0.05) is 18.2 Å². The summed E-state index contributed by atoms with van der Waals surface area (Å²) in [5.41, 5.74) is 1.60. The van der Waals surface area contributed by atoms with Gasteiger partial charge in [0, 0.05) is 16.9 Å². The number of ether oxygens (including phenoxy) is 1. The van der Waals surface area contributed by atoms with Crippen molar-refractivity contribution in [3.63, 3.8) is 0 Å². The Morgan fingerprint density at radius 2 is 1.37 bits per heavy atom. The van der Waals surface area contributed by atoms with Crippen molar-refractivity contribution in [2.45, 2.75) is 11.8 Å². The number of carbonyl (C=O) groups is 2. The fraction of sp³-hybridized carbons (Fsp3) is 0.0909. The lowest BCUT2D eigenvalue weighted by molar-refractivity contribution is 0.0526. The maximum atomic E-state index is 12.4. The van der Waals surface area contributed by atoms with Crippen LogP contribution in [0.4, 0.5) is 11.4 Å². The minimum absolute atomic E-state index is 0.151. The predicted molar refractivity (Wildman–Crippen MR) is 114 cm³/mol. The zero-order valence-electron chi connectivity index (χ0n) is 16.2. The average Bonchev–Trinajstić information content (AvgIpc) is 2.75. The number of hydrogen-bond donors (Lipinski definition) is 2. The molecule has 8 heteroatoms. The van der Waals surface area contributed by atoms with Gasteiger partial charge in [-0.3, -0.25) is 9.52 Å². The molecule has 0 aromatic heterocycles. The minimum Gasteiger partial charge on any atom is -0.462 e. The number of rotatable bonds is 7. The van der Waals surface area contributed by atoms with Crippen LogP contribution in [0.1, 0.15) is 27.6 Å². The molecule has 0 fully saturated rings. The van der Waals surface area contributed by atoms with Crippen LogP contribution in [0.25, 0.3) is 0 Å². The molecule has 0 heterocycles. The van der Waals surface area contributed by atoms with Crippen LogP contribution in [-0.4, -0.2) is 26.9 Å². The second-order valence-corrected chi connectivity index (χ2v) is 7.93. The van der Waals surface area contributed by atoms with E-state index in [-0.39, 0.29) is 17.4 Å². The van der Waals surface area contributed by atoms with Crippen molar-refractivity contribution in [3.8, 4) is 0 Å². The SMILES string of the molecule is CCOC(=O)c1ccc(NC(=O)c2ccc(NS(=O)(=O)c3ccccc3)cc2)cc1. The van der Waals surface area contributed by atoms with Gasteiger partial charge in [-0.2, -0.15) is 0 Å². The van der Waals surface area contributed by atoms with Gasteiger partial charge in [-0.05, 0) is 67.6 Å². The molecule has 0 bridgehead atoms. The highest BCUT2D eigenvalue weighted by atomic mass is 32.2. The molecule has 0 aliphatic rings. The number of benzene rings is 3. The quantitative estimate of drug-likeness (QED) is 0.560. The van der Waals surface area contributed by atoms with Gasteiger partial charge >= 0.3 is 5.97 Å². The van der Waals surface area contributed by atoms with Crippen LogP contribution < -0.4 is 10.0 Å². The van der Waals surface area contributed by atoms with E-state index < -0.39 is 16.0 Å². The van der Waals surface area contributed by atoms with E-state index in [2.05, 4.69) is 10.0 Å². The first-order valence-corrected chi connectivity index (χ1v) is 10.6. The van der Waals surface area contributed by atoms with E-state index >= 15 is 0 Å². The summed E-state index contributed by atoms with van der Waals surface area (Å²) >= 11 is 0. The molecule has 154 valence electrons. The fourth-order valence-corrected chi connectivity index (χ4v) is 3.69. The Hall–Kier alpha value is -3.65. The molecule has 0 aliphatic carbocycles. The van der Waals surface area contributed by atoms with Crippen LogP contribution in [0.3, 0.4) is 0 Å². The normalized spacial score (nSPS) is 10.8. The van der Waals surface area contributed by atoms with Crippen molar-refractivity contribution in [1.29, 1.82) is 0 Å². The highest BCUT2D eigenvalue weighted by Gasteiger charge is 2.14. The van der Waals surface area contributed by atoms with Crippen molar-refractivity contribution in [2.75, 3.05) is 16.6 Å². The Labute approximate surface area is 174 Å². The zero-order valence-corrected chi connectivity index (χ0v) is 17.0. The molecule has 7 nitrogen and oxygen atoms in total. The lowest BCUT2D eigenvalue weighted by Gasteiger charge is -2.09. The van der Waals surface area contributed by atoms with Gasteiger partial charge in [0.15, 0.2) is 0 Å². The summed E-state index contributed by atoms with van der Waals surface area (Å²) in [6, 6.07) is 20.4. The monoisotopic (exact) mass is 424 g/mol. The van der Waals surface area contributed by atoms with Crippen molar-refractivity contribution in [2.24, 2.45) is 0 Å². The Kier molecular flexibility index (Phi) is 6.48. The molecular formula is C22H20N2O5S. The van der Waals surface area contributed by atoms with Crippen molar-refractivity contribution in [3.05, 3.63) is 90.0 Å². The summed E-state index contributed by atoms with van der Waals surface area (Å²) in [4.78, 5) is 24.2.